The molecule has 43 heavy (non-hydrogen) atoms. The Bertz CT molecular complexity index is 1530. The Labute approximate surface area is 246 Å². The van der Waals surface area contributed by atoms with Crippen molar-refractivity contribution in [3.05, 3.63) is 63.7 Å². The van der Waals surface area contributed by atoms with Crippen molar-refractivity contribution < 1.29 is 49.4 Å². The van der Waals surface area contributed by atoms with E-state index >= 15 is 0 Å². The molecule has 1 aromatic heterocycles. The highest BCUT2D eigenvalue weighted by Gasteiger charge is 2.40. The standard InChI is InChI=1S/C24H25F3N4O3S2.C2HF3O2/c1-34-22-7-6-19(25)17(18(22)11-31-15-2-3-16(31)5-4-15)10-28-14-8-20(26)24(21(27)9-14)36(32,33)30-23-12-35-13-29-23;3-2(4,5)1(6)7/h6-9,12-13,15-16,28,30H,2-5,10-11H2,1H3;(H,6,7). The van der Waals surface area contributed by atoms with Gasteiger partial charge in [-0.3, -0.25) is 9.62 Å². The number of aliphatic carboxylic acids is 1. The van der Waals surface area contributed by atoms with E-state index in [4.69, 9.17) is 14.6 Å². The van der Waals surface area contributed by atoms with Crippen LogP contribution in [-0.2, 0) is 27.9 Å². The molecule has 17 heteroatoms. The third-order valence-corrected chi connectivity index (χ3v) is 9.14. The van der Waals surface area contributed by atoms with Crippen LogP contribution in [0.1, 0.15) is 36.8 Å². The first-order valence-electron chi connectivity index (χ1n) is 12.7. The van der Waals surface area contributed by atoms with Crippen LogP contribution >= 0.6 is 11.3 Å². The molecule has 2 saturated heterocycles. The number of sulfonamides is 1. The lowest BCUT2D eigenvalue weighted by Crippen LogP contribution is -2.29. The molecule has 3 N–H and O–H groups in total. The maximum Gasteiger partial charge on any atom is 0.490 e. The molecule has 0 atom stereocenters. The highest BCUT2D eigenvalue weighted by molar-refractivity contribution is 7.92. The van der Waals surface area contributed by atoms with Crippen molar-refractivity contribution in [2.45, 2.75) is 61.9 Å². The molecule has 0 saturated carbocycles. The van der Waals surface area contributed by atoms with Crippen molar-refractivity contribution in [1.29, 1.82) is 0 Å². The van der Waals surface area contributed by atoms with Gasteiger partial charge in [0.2, 0.25) is 0 Å². The number of rotatable bonds is 9. The van der Waals surface area contributed by atoms with E-state index in [0.29, 0.717) is 35.5 Å². The van der Waals surface area contributed by atoms with Crippen LogP contribution in [0, 0.1) is 17.5 Å². The molecule has 0 amide bonds. The number of hydrogen-bond donors (Lipinski definition) is 3. The van der Waals surface area contributed by atoms with Gasteiger partial charge in [-0.05, 0) is 49.9 Å². The number of nitrogens with zero attached hydrogens (tertiary/aromatic N) is 2. The molecule has 9 nitrogen and oxygen atoms in total. The van der Waals surface area contributed by atoms with Gasteiger partial charge in [-0.2, -0.15) is 13.2 Å². The van der Waals surface area contributed by atoms with Gasteiger partial charge in [0.25, 0.3) is 10.0 Å². The zero-order valence-electron chi connectivity index (χ0n) is 22.4. The summed E-state index contributed by atoms with van der Waals surface area (Å²) in [6, 6.07) is 5.58. The van der Waals surface area contributed by atoms with Crippen LogP contribution in [0.4, 0.5) is 37.8 Å². The second-order valence-electron chi connectivity index (χ2n) is 9.75. The first-order chi connectivity index (χ1) is 20.2. The molecule has 3 heterocycles. The lowest BCUT2D eigenvalue weighted by atomic mass is 10.0. The third-order valence-electron chi connectivity index (χ3n) is 7.15. The molecule has 2 aliphatic heterocycles. The first kappa shape index (κ1) is 32.3. The van der Waals surface area contributed by atoms with Crippen molar-refractivity contribution in [1.82, 2.24) is 9.88 Å². The van der Waals surface area contributed by atoms with Crippen LogP contribution in [0.2, 0.25) is 0 Å². The number of methoxy groups -OCH3 is 1. The number of ether oxygens (including phenoxy) is 1. The SMILES string of the molecule is COc1ccc(F)c(CNc2cc(F)c(S(=O)(=O)Nc3cscn3)c(F)c2)c1CN1C2CCC1CC2.O=C(O)C(F)(F)F. The molecule has 3 aromatic rings. The van der Waals surface area contributed by atoms with E-state index in [1.807, 2.05) is 0 Å². The summed E-state index contributed by atoms with van der Waals surface area (Å²) in [5.74, 6) is -5.26. The zero-order chi connectivity index (χ0) is 31.5. The molecule has 2 bridgehead atoms. The average molecular weight is 653 g/mol. The van der Waals surface area contributed by atoms with Crippen LogP contribution in [0.15, 0.2) is 40.1 Å². The number of fused-ring (bicyclic) bond motifs is 2. The summed E-state index contributed by atoms with van der Waals surface area (Å²) in [6.45, 7) is 0.457. The fourth-order valence-electron chi connectivity index (χ4n) is 5.22. The van der Waals surface area contributed by atoms with Crippen LogP contribution < -0.4 is 14.8 Å². The molecule has 5 rings (SSSR count). The van der Waals surface area contributed by atoms with Crippen LogP contribution in [-0.4, -0.2) is 54.7 Å². The monoisotopic (exact) mass is 652 g/mol. The molecule has 2 aliphatic rings. The van der Waals surface area contributed by atoms with Gasteiger partial charge >= 0.3 is 12.1 Å². The van der Waals surface area contributed by atoms with Crippen molar-refractivity contribution in [2.75, 3.05) is 17.1 Å². The maximum absolute atomic E-state index is 15.0. The maximum atomic E-state index is 15.0. The number of carboxylic acid groups (broad SMARTS) is 1. The summed E-state index contributed by atoms with van der Waals surface area (Å²) in [6.07, 6.45) is -0.579. The predicted molar refractivity (Wildman–Crippen MR) is 145 cm³/mol. The average Bonchev–Trinajstić information content (AvgIpc) is 3.66. The molecule has 2 fully saturated rings. The Morgan fingerprint density at radius 3 is 2.14 bits per heavy atom. The minimum absolute atomic E-state index is 0.0213. The largest absolute Gasteiger partial charge is 0.496 e. The molecule has 0 aliphatic carbocycles. The topological polar surface area (TPSA) is 121 Å². The van der Waals surface area contributed by atoms with E-state index in [-0.39, 0.29) is 18.1 Å². The quantitative estimate of drug-likeness (QED) is 0.251. The molecule has 2 aromatic carbocycles. The fourth-order valence-corrected chi connectivity index (χ4v) is 6.90. The Morgan fingerprint density at radius 1 is 1.07 bits per heavy atom. The Balaban J connectivity index is 0.000000541. The first-order valence-corrected chi connectivity index (χ1v) is 15.2. The van der Waals surface area contributed by atoms with Gasteiger partial charge in [-0.25, -0.2) is 31.4 Å². The molecule has 234 valence electrons. The van der Waals surface area contributed by atoms with Gasteiger partial charge in [-0.1, -0.05) is 0 Å². The second kappa shape index (κ2) is 13.0. The Hall–Kier alpha value is -3.57. The van der Waals surface area contributed by atoms with Gasteiger partial charge in [0.15, 0.2) is 10.7 Å². The van der Waals surface area contributed by atoms with E-state index in [1.54, 1.807) is 6.07 Å². The summed E-state index contributed by atoms with van der Waals surface area (Å²) < 4.78 is 109. The van der Waals surface area contributed by atoms with Gasteiger partial charge in [-0.15, -0.1) is 11.3 Å². The smallest absolute Gasteiger partial charge is 0.490 e. The second-order valence-corrected chi connectivity index (χ2v) is 12.1. The van der Waals surface area contributed by atoms with Crippen molar-refractivity contribution in [3.63, 3.8) is 0 Å². The minimum atomic E-state index is -5.08. The number of aromatic nitrogens is 1. The Kier molecular flexibility index (Phi) is 9.76. The van der Waals surface area contributed by atoms with E-state index in [0.717, 1.165) is 49.2 Å². The molecule has 0 unspecified atom stereocenters. The van der Waals surface area contributed by atoms with Gasteiger partial charge in [0.1, 0.15) is 23.2 Å². The lowest BCUT2D eigenvalue weighted by molar-refractivity contribution is -0.192. The number of halogens is 6. The predicted octanol–water partition coefficient (Wildman–Crippen LogP) is 5.74. The Morgan fingerprint density at radius 2 is 1.65 bits per heavy atom. The van der Waals surface area contributed by atoms with Crippen LogP contribution in [0.25, 0.3) is 0 Å². The minimum Gasteiger partial charge on any atom is -0.496 e. The van der Waals surface area contributed by atoms with E-state index in [1.165, 1.54) is 24.1 Å². The highest BCUT2D eigenvalue weighted by atomic mass is 32.2. The highest BCUT2D eigenvalue weighted by Crippen LogP contribution is 2.40. The van der Waals surface area contributed by atoms with E-state index < -0.39 is 44.5 Å². The number of hydrogen-bond acceptors (Lipinski definition) is 8. The van der Waals surface area contributed by atoms with Gasteiger partial charge in [0, 0.05) is 47.4 Å². The number of anilines is 2. The number of carboxylic acids is 1. The molecular formula is C26H26F6N4O5S2. The molecule has 0 radical (unpaired) electrons. The number of alkyl halides is 3. The number of nitrogens with one attached hydrogen (secondary N) is 2. The summed E-state index contributed by atoms with van der Waals surface area (Å²) in [5, 5.41) is 11.4. The normalized spacial score (nSPS) is 18.2. The van der Waals surface area contributed by atoms with Crippen molar-refractivity contribution in [3.8, 4) is 5.75 Å². The van der Waals surface area contributed by atoms with Crippen molar-refractivity contribution >= 4 is 38.8 Å². The zero-order valence-corrected chi connectivity index (χ0v) is 24.1. The summed E-state index contributed by atoms with van der Waals surface area (Å²) in [4.78, 5) is 13.9. The summed E-state index contributed by atoms with van der Waals surface area (Å²) >= 11 is 1.13. The molecular weight excluding hydrogens is 626 g/mol. The summed E-state index contributed by atoms with van der Waals surface area (Å²) in [7, 11) is -3.01. The van der Waals surface area contributed by atoms with Gasteiger partial charge < -0.3 is 15.2 Å². The van der Waals surface area contributed by atoms with Gasteiger partial charge in [0.05, 0.1) is 12.6 Å². The number of benzene rings is 2. The number of thiazole rings is 1. The van der Waals surface area contributed by atoms with Crippen LogP contribution in [0.3, 0.4) is 0 Å². The third kappa shape index (κ3) is 7.51. The fraction of sp³-hybridized carbons (Fsp3) is 0.385. The number of carbonyl (C=O) groups is 1. The van der Waals surface area contributed by atoms with E-state index in [2.05, 4.69) is 19.9 Å². The summed E-state index contributed by atoms with van der Waals surface area (Å²) in [5.41, 5.74) is 2.39. The van der Waals surface area contributed by atoms with Crippen molar-refractivity contribution in [2.24, 2.45) is 0 Å². The lowest BCUT2D eigenvalue weighted by Gasteiger charge is -2.25. The van der Waals surface area contributed by atoms with Crippen LogP contribution in [0.5, 0.6) is 5.75 Å². The molecule has 0 spiro atoms. The van der Waals surface area contributed by atoms with E-state index in [9.17, 15) is 34.8 Å².